The molecule has 1 heteroatoms. The molecule has 11 aromatic rings. The molecule has 0 saturated heterocycles. The van der Waals surface area contributed by atoms with Gasteiger partial charge < -0.3 is 4.90 Å². The minimum atomic E-state index is -0.572. The van der Waals surface area contributed by atoms with Gasteiger partial charge in [-0.2, -0.15) is 0 Å². The Morgan fingerprint density at radius 1 is 0.286 bits per heavy atom. The molecule has 0 heterocycles. The summed E-state index contributed by atoms with van der Waals surface area (Å²) in [5.74, 6) is 0. The molecule has 0 atom stereocenters. The Labute approximate surface area is 410 Å². The van der Waals surface area contributed by atoms with Gasteiger partial charge in [0.25, 0.3) is 0 Å². The molecular formula is C69H49N. The summed E-state index contributed by atoms with van der Waals surface area (Å²) in [6.45, 7) is 4.85. The highest BCUT2D eigenvalue weighted by atomic mass is 15.2. The number of fused-ring (bicyclic) bond motifs is 11. The maximum absolute atomic E-state index is 2.69. The van der Waals surface area contributed by atoms with E-state index in [1.165, 1.54) is 105 Å². The summed E-state index contributed by atoms with van der Waals surface area (Å²) in [6.07, 6.45) is 0. The lowest BCUT2D eigenvalue weighted by Gasteiger charge is -2.36. The van der Waals surface area contributed by atoms with Crippen LogP contribution in [0.1, 0.15) is 69.5 Å². The molecule has 0 saturated carbocycles. The standard InChI is InChI=1S/C69H49N/c1-67(2)55-38-20-17-35-52(55)65-62(45-46-25-15-16-34-51(46)66(65)67)70(60-43-23-41-58-63(60)53-36-18-21-39-56(53)68(58,47-26-7-3-8-27-47)48-28-9-4-10-29-48)61-44-24-42-59-64(61)54-37-19-22-40-57(54)69(59,49-30-11-5-12-31-49)50-32-13-6-14-33-50/h3-45H,1-2H3. The topological polar surface area (TPSA) is 3.24 Å². The molecule has 0 amide bonds. The van der Waals surface area contributed by atoms with E-state index in [9.17, 15) is 0 Å². The van der Waals surface area contributed by atoms with Crippen molar-refractivity contribution in [2.45, 2.75) is 30.1 Å². The van der Waals surface area contributed by atoms with Gasteiger partial charge in [0, 0.05) is 22.1 Å². The fourth-order valence-electron chi connectivity index (χ4n) is 13.5. The van der Waals surface area contributed by atoms with Crippen LogP contribution < -0.4 is 4.90 Å². The monoisotopic (exact) mass is 891 g/mol. The highest BCUT2D eigenvalue weighted by molar-refractivity contribution is 6.10. The van der Waals surface area contributed by atoms with E-state index in [1.807, 2.05) is 0 Å². The molecule has 330 valence electrons. The molecule has 0 N–H and O–H groups in total. The first-order valence-electron chi connectivity index (χ1n) is 24.7. The predicted molar refractivity (Wildman–Crippen MR) is 291 cm³/mol. The van der Waals surface area contributed by atoms with Gasteiger partial charge in [-0.1, -0.05) is 257 Å². The van der Waals surface area contributed by atoms with Gasteiger partial charge in [0.2, 0.25) is 0 Å². The lowest BCUT2D eigenvalue weighted by Crippen LogP contribution is -2.28. The Balaban J connectivity index is 1.17. The van der Waals surface area contributed by atoms with Crippen LogP contribution in [0, 0.1) is 0 Å². The third-order valence-corrected chi connectivity index (χ3v) is 16.2. The maximum Gasteiger partial charge on any atom is 0.0714 e. The lowest BCUT2D eigenvalue weighted by molar-refractivity contribution is 0.666. The van der Waals surface area contributed by atoms with Crippen molar-refractivity contribution in [2.75, 3.05) is 4.90 Å². The third-order valence-electron chi connectivity index (χ3n) is 16.2. The van der Waals surface area contributed by atoms with Crippen molar-refractivity contribution in [3.63, 3.8) is 0 Å². The molecule has 11 aromatic carbocycles. The Bertz CT molecular complexity index is 3590. The van der Waals surface area contributed by atoms with Gasteiger partial charge in [-0.05, 0) is 101 Å². The zero-order valence-corrected chi connectivity index (χ0v) is 39.3. The zero-order chi connectivity index (χ0) is 46.6. The van der Waals surface area contributed by atoms with Crippen LogP contribution in [0.25, 0.3) is 44.2 Å². The van der Waals surface area contributed by atoms with Gasteiger partial charge in [0.05, 0.1) is 27.9 Å². The fraction of sp³-hybridized carbons (Fsp3) is 0.0725. The fourth-order valence-corrected chi connectivity index (χ4v) is 13.5. The number of nitrogens with zero attached hydrogens (tertiary/aromatic N) is 1. The van der Waals surface area contributed by atoms with Gasteiger partial charge in [-0.3, -0.25) is 0 Å². The first-order chi connectivity index (χ1) is 34.5. The van der Waals surface area contributed by atoms with Crippen molar-refractivity contribution in [3.05, 3.63) is 316 Å². The van der Waals surface area contributed by atoms with Gasteiger partial charge >= 0.3 is 0 Å². The molecule has 14 rings (SSSR count). The van der Waals surface area contributed by atoms with Gasteiger partial charge in [0.15, 0.2) is 0 Å². The average Bonchev–Trinajstić information content (AvgIpc) is 4.00. The van der Waals surface area contributed by atoms with Crippen molar-refractivity contribution < 1.29 is 0 Å². The van der Waals surface area contributed by atoms with Crippen LogP contribution in [0.3, 0.4) is 0 Å². The molecule has 0 fully saturated rings. The molecule has 0 unspecified atom stereocenters. The molecule has 0 bridgehead atoms. The van der Waals surface area contributed by atoms with E-state index in [4.69, 9.17) is 0 Å². The number of rotatable bonds is 7. The largest absolute Gasteiger partial charge is 0.309 e. The summed E-state index contributed by atoms with van der Waals surface area (Å²) in [4.78, 5) is 2.69. The second-order valence-electron chi connectivity index (χ2n) is 19.8. The van der Waals surface area contributed by atoms with Gasteiger partial charge in [0.1, 0.15) is 0 Å². The summed E-state index contributed by atoms with van der Waals surface area (Å²) in [7, 11) is 0. The van der Waals surface area contributed by atoms with Crippen molar-refractivity contribution in [2.24, 2.45) is 0 Å². The Hall–Kier alpha value is -8.52. The predicted octanol–water partition coefficient (Wildman–Crippen LogP) is 17.3. The summed E-state index contributed by atoms with van der Waals surface area (Å²) < 4.78 is 0. The van der Waals surface area contributed by atoms with Crippen LogP contribution in [-0.2, 0) is 16.2 Å². The van der Waals surface area contributed by atoms with Crippen LogP contribution in [0.2, 0.25) is 0 Å². The minimum absolute atomic E-state index is 0.255. The van der Waals surface area contributed by atoms with Crippen LogP contribution in [-0.4, -0.2) is 0 Å². The highest BCUT2D eigenvalue weighted by Crippen LogP contribution is 2.65. The second-order valence-corrected chi connectivity index (χ2v) is 19.8. The quantitative estimate of drug-likeness (QED) is 0.154. The number of benzene rings is 11. The van der Waals surface area contributed by atoms with E-state index in [0.29, 0.717) is 0 Å². The van der Waals surface area contributed by atoms with Gasteiger partial charge in [-0.15, -0.1) is 0 Å². The molecule has 0 radical (unpaired) electrons. The minimum Gasteiger partial charge on any atom is -0.309 e. The Kier molecular flexibility index (Phi) is 8.83. The summed E-state index contributed by atoms with van der Waals surface area (Å²) in [5.41, 5.74) is 22.6. The summed E-state index contributed by atoms with van der Waals surface area (Å²) in [5, 5.41) is 2.53. The zero-order valence-electron chi connectivity index (χ0n) is 39.3. The second kappa shape index (κ2) is 15.2. The highest BCUT2D eigenvalue weighted by Gasteiger charge is 2.50. The maximum atomic E-state index is 2.69. The normalized spacial score (nSPS) is 14.8. The van der Waals surface area contributed by atoms with Crippen LogP contribution in [0.5, 0.6) is 0 Å². The lowest BCUT2D eigenvalue weighted by atomic mass is 9.67. The van der Waals surface area contributed by atoms with Gasteiger partial charge in [-0.25, -0.2) is 0 Å². The molecule has 3 aliphatic carbocycles. The molecule has 1 nitrogen and oxygen atoms in total. The van der Waals surface area contributed by atoms with Crippen molar-refractivity contribution >= 4 is 27.8 Å². The first-order valence-corrected chi connectivity index (χ1v) is 24.7. The van der Waals surface area contributed by atoms with E-state index < -0.39 is 10.8 Å². The van der Waals surface area contributed by atoms with Crippen LogP contribution >= 0.6 is 0 Å². The average molecular weight is 892 g/mol. The van der Waals surface area contributed by atoms with E-state index in [1.54, 1.807) is 0 Å². The van der Waals surface area contributed by atoms with E-state index in [0.717, 1.165) is 11.4 Å². The first kappa shape index (κ1) is 40.5. The molecule has 70 heavy (non-hydrogen) atoms. The summed E-state index contributed by atoms with van der Waals surface area (Å²) >= 11 is 0. The van der Waals surface area contributed by atoms with E-state index >= 15 is 0 Å². The molecule has 0 aromatic heterocycles. The van der Waals surface area contributed by atoms with Crippen molar-refractivity contribution in [1.82, 2.24) is 0 Å². The smallest absolute Gasteiger partial charge is 0.0714 e. The van der Waals surface area contributed by atoms with Crippen LogP contribution in [0.15, 0.2) is 261 Å². The molecule has 0 spiro atoms. The summed E-state index contributed by atoms with van der Waals surface area (Å²) in [6, 6.07) is 98.1. The number of hydrogen-bond donors (Lipinski definition) is 0. The number of anilines is 3. The third kappa shape index (κ3) is 5.32. The molecular weight excluding hydrogens is 843 g/mol. The molecule has 3 aliphatic rings. The Morgan fingerprint density at radius 2 is 0.643 bits per heavy atom. The van der Waals surface area contributed by atoms with Crippen LogP contribution in [0.4, 0.5) is 17.1 Å². The number of hydrogen-bond acceptors (Lipinski definition) is 1. The van der Waals surface area contributed by atoms with Crippen molar-refractivity contribution in [1.29, 1.82) is 0 Å². The SMILES string of the molecule is CC1(C)c2ccccc2-c2c(N(c3cccc4c3-c3ccccc3C4(c3ccccc3)c3ccccc3)c3cccc4c3-c3ccccc3C4(c3ccccc3)c3ccccc3)cc3ccccc3c21. The van der Waals surface area contributed by atoms with E-state index in [-0.39, 0.29) is 5.41 Å². The van der Waals surface area contributed by atoms with E-state index in [2.05, 4.69) is 280 Å². The van der Waals surface area contributed by atoms with Crippen molar-refractivity contribution in [3.8, 4) is 33.4 Å². The Morgan fingerprint density at radius 3 is 1.10 bits per heavy atom. The molecule has 0 aliphatic heterocycles.